The van der Waals surface area contributed by atoms with Crippen LogP contribution >= 0.6 is 0 Å². The first kappa shape index (κ1) is 14.4. The Morgan fingerprint density at radius 1 is 1.29 bits per heavy atom. The minimum absolute atomic E-state index is 0.155. The lowest BCUT2D eigenvalue weighted by atomic mass is 10.1. The first-order valence-electron chi connectivity index (χ1n) is 5.90. The number of nitrogens with two attached hydrogens (primary N) is 1. The molecule has 0 unspecified atom stereocenters. The molecule has 6 nitrogen and oxygen atoms in total. The lowest BCUT2D eigenvalue weighted by Gasteiger charge is -2.09. The first-order chi connectivity index (χ1) is 10.0. The molecule has 0 bridgehead atoms. The standard InChI is InChI=1S/C14H10FN3O3/c15-12-6-11(18(19)20)2-4-14(12)21-13-3-1-9(7-16)5-10(13)8-17/h1-6H,7,16H2. The third-order valence-electron chi connectivity index (χ3n) is 2.75. The highest BCUT2D eigenvalue weighted by Crippen LogP contribution is 2.29. The third-order valence-corrected chi connectivity index (χ3v) is 2.75. The highest BCUT2D eigenvalue weighted by molar-refractivity contribution is 5.48. The van der Waals surface area contributed by atoms with Gasteiger partial charge in [0.1, 0.15) is 11.8 Å². The van der Waals surface area contributed by atoms with Gasteiger partial charge >= 0.3 is 0 Å². The Labute approximate surface area is 119 Å². The number of ether oxygens (including phenoxy) is 1. The molecule has 0 aliphatic heterocycles. The van der Waals surface area contributed by atoms with Gasteiger partial charge in [0.05, 0.1) is 16.6 Å². The Hall–Kier alpha value is -2.98. The fourth-order valence-electron chi connectivity index (χ4n) is 1.69. The van der Waals surface area contributed by atoms with Crippen LogP contribution in [0.25, 0.3) is 0 Å². The van der Waals surface area contributed by atoms with Crippen LogP contribution in [-0.4, -0.2) is 4.92 Å². The molecule has 7 heteroatoms. The summed E-state index contributed by atoms with van der Waals surface area (Å²) >= 11 is 0. The maximum atomic E-state index is 13.7. The van der Waals surface area contributed by atoms with Crippen molar-refractivity contribution < 1.29 is 14.1 Å². The van der Waals surface area contributed by atoms with Gasteiger partial charge in [-0.1, -0.05) is 6.07 Å². The van der Waals surface area contributed by atoms with Crippen LogP contribution in [0.2, 0.25) is 0 Å². The van der Waals surface area contributed by atoms with Gasteiger partial charge in [0.2, 0.25) is 0 Å². The van der Waals surface area contributed by atoms with Crippen LogP contribution in [-0.2, 0) is 6.54 Å². The maximum Gasteiger partial charge on any atom is 0.272 e. The van der Waals surface area contributed by atoms with Crippen LogP contribution in [0.15, 0.2) is 36.4 Å². The predicted octanol–water partition coefficient (Wildman–Crippen LogP) is 2.86. The quantitative estimate of drug-likeness (QED) is 0.688. The van der Waals surface area contributed by atoms with E-state index in [1.807, 2.05) is 6.07 Å². The smallest absolute Gasteiger partial charge is 0.272 e. The van der Waals surface area contributed by atoms with Crippen LogP contribution < -0.4 is 10.5 Å². The zero-order chi connectivity index (χ0) is 15.4. The monoisotopic (exact) mass is 287 g/mol. The van der Waals surface area contributed by atoms with Crippen molar-refractivity contribution in [3.63, 3.8) is 0 Å². The number of rotatable bonds is 4. The predicted molar refractivity (Wildman–Crippen MR) is 72.2 cm³/mol. The van der Waals surface area contributed by atoms with Gasteiger partial charge in [0.15, 0.2) is 11.6 Å². The molecule has 0 radical (unpaired) electrons. The molecule has 2 rings (SSSR count). The second kappa shape index (κ2) is 5.98. The van der Waals surface area contributed by atoms with E-state index >= 15 is 0 Å². The lowest BCUT2D eigenvalue weighted by molar-refractivity contribution is -0.385. The number of benzene rings is 2. The molecule has 0 fully saturated rings. The third kappa shape index (κ3) is 3.13. The van der Waals surface area contributed by atoms with Crippen molar-refractivity contribution in [3.8, 4) is 17.6 Å². The van der Waals surface area contributed by atoms with E-state index in [-0.39, 0.29) is 29.3 Å². The number of hydrogen-bond donors (Lipinski definition) is 1. The van der Waals surface area contributed by atoms with Crippen LogP contribution in [0.1, 0.15) is 11.1 Å². The van der Waals surface area contributed by atoms with Gasteiger partial charge in [-0.2, -0.15) is 5.26 Å². The van der Waals surface area contributed by atoms with E-state index in [0.717, 1.165) is 23.8 Å². The van der Waals surface area contributed by atoms with Gasteiger partial charge < -0.3 is 10.5 Å². The van der Waals surface area contributed by atoms with Crippen LogP contribution in [0, 0.1) is 27.3 Å². The number of nitriles is 1. The second-order valence-corrected chi connectivity index (χ2v) is 4.12. The summed E-state index contributed by atoms with van der Waals surface area (Å²) in [5.74, 6) is -0.920. The summed E-state index contributed by atoms with van der Waals surface area (Å²) < 4.78 is 19.0. The summed E-state index contributed by atoms with van der Waals surface area (Å²) in [5.41, 5.74) is 6.04. The van der Waals surface area contributed by atoms with Crippen molar-refractivity contribution in [1.29, 1.82) is 5.26 Å². The van der Waals surface area contributed by atoms with Crippen molar-refractivity contribution in [2.75, 3.05) is 0 Å². The summed E-state index contributed by atoms with van der Waals surface area (Å²) in [6.45, 7) is 0.265. The number of nitro groups is 1. The second-order valence-electron chi connectivity index (χ2n) is 4.12. The van der Waals surface area contributed by atoms with E-state index in [1.165, 1.54) is 6.07 Å². The molecule has 0 spiro atoms. The van der Waals surface area contributed by atoms with Gasteiger partial charge in [-0.15, -0.1) is 0 Å². The fraction of sp³-hybridized carbons (Fsp3) is 0.0714. The molecule has 2 aromatic carbocycles. The van der Waals surface area contributed by atoms with Gasteiger partial charge in [0.25, 0.3) is 5.69 Å². The van der Waals surface area contributed by atoms with E-state index < -0.39 is 10.7 Å². The largest absolute Gasteiger partial charge is 0.453 e. The number of nitrogens with zero attached hydrogens (tertiary/aromatic N) is 2. The Balaban J connectivity index is 2.34. The highest BCUT2D eigenvalue weighted by atomic mass is 19.1. The van der Waals surface area contributed by atoms with Gasteiger partial charge in [-0.25, -0.2) is 4.39 Å². The molecule has 21 heavy (non-hydrogen) atoms. The van der Waals surface area contributed by atoms with E-state index in [2.05, 4.69) is 0 Å². The molecule has 0 atom stereocenters. The number of hydrogen-bond acceptors (Lipinski definition) is 5. The topological polar surface area (TPSA) is 102 Å². The average molecular weight is 287 g/mol. The maximum absolute atomic E-state index is 13.7. The van der Waals surface area contributed by atoms with Crippen molar-refractivity contribution >= 4 is 5.69 Å². The van der Waals surface area contributed by atoms with Crippen molar-refractivity contribution in [2.24, 2.45) is 5.73 Å². The number of nitro benzene ring substituents is 1. The summed E-state index contributed by atoms with van der Waals surface area (Å²) in [6, 6.07) is 9.65. The lowest BCUT2D eigenvalue weighted by Crippen LogP contribution is -1.98. The molecular formula is C14H10FN3O3. The van der Waals surface area contributed by atoms with Crippen LogP contribution in [0.3, 0.4) is 0 Å². The Morgan fingerprint density at radius 3 is 2.57 bits per heavy atom. The molecule has 2 aromatic rings. The molecule has 106 valence electrons. The van der Waals surface area contributed by atoms with Crippen molar-refractivity contribution in [1.82, 2.24) is 0 Å². The normalized spacial score (nSPS) is 9.95. The van der Waals surface area contributed by atoms with Crippen molar-refractivity contribution in [3.05, 3.63) is 63.5 Å². The minimum Gasteiger partial charge on any atom is -0.453 e. The number of halogens is 1. The highest BCUT2D eigenvalue weighted by Gasteiger charge is 2.14. The van der Waals surface area contributed by atoms with E-state index in [9.17, 15) is 14.5 Å². The Kier molecular flexibility index (Phi) is 4.11. The summed E-state index contributed by atoms with van der Waals surface area (Å²) in [7, 11) is 0. The zero-order valence-electron chi connectivity index (χ0n) is 10.7. The van der Waals surface area contributed by atoms with Crippen LogP contribution in [0.4, 0.5) is 10.1 Å². The fourth-order valence-corrected chi connectivity index (χ4v) is 1.69. The Morgan fingerprint density at radius 2 is 2.00 bits per heavy atom. The molecule has 0 amide bonds. The summed E-state index contributed by atoms with van der Waals surface area (Å²) in [6.07, 6.45) is 0. The molecular weight excluding hydrogens is 277 g/mol. The summed E-state index contributed by atoms with van der Waals surface area (Å²) in [5, 5.41) is 19.6. The van der Waals surface area contributed by atoms with E-state index in [0.29, 0.717) is 0 Å². The molecule has 2 N–H and O–H groups in total. The van der Waals surface area contributed by atoms with Gasteiger partial charge in [0, 0.05) is 12.6 Å². The zero-order valence-corrected chi connectivity index (χ0v) is 10.7. The molecule has 0 aromatic heterocycles. The van der Waals surface area contributed by atoms with E-state index in [4.69, 9.17) is 15.7 Å². The van der Waals surface area contributed by atoms with Crippen molar-refractivity contribution in [2.45, 2.75) is 6.54 Å². The molecule has 0 heterocycles. The molecule has 0 saturated heterocycles. The minimum atomic E-state index is -0.879. The van der Waals surface area contributed by atoms with Gasteiger partial charge in [-0.05, 0) is 23.8 Å². The molecule has 0 saturated carbocycles. The molecule has 0 aliphatic rings. The molecule has 0 aliphatic carbocycles. The number of non-ortho nitro benzene ring substituents is 1. The van der Waals surface area contributed by atoms with E-state index in [1.54, 1.807) is 12.1 Å². The average Bonchev–Trinajstić information content (AvgIpc) is 2.49. The first-order valence-corrected chi connectivity index (χ1v) is 5.90. The van der Waals surface area contributed by atoms with Crippen LogP contribution in [0.5, 0.6) is 11.5 Å². The Bertz CT molecular complexity index is 741. The SMILES string of the molecule is N#Cc1cc(CN)ccc1Oc1ccc([N+](=O)[O-])cc1F. The van der Waals surface area contributed by atoms with Gasteiger partial charge in [-0.3, -0.25) is 10.1 Å². The summed E-state index contributed by atoms with van der Waals surface area (Å²) in [4.78, 5) is 9.83.